The molecular weight excluding hydrogens is 420 g/mol. The second-order valence-corrected chi connectivity index (χ2v) is 5.92. The second kappa shape index (κ2) is 16.3. The smallest absolute Gasteiger partial charge is 0 e. The van der Waals surface area contributed by atoms with Crippen molar-refractivity contribution in [3.8, 4) is 5.75 Å². The van der Waals surface area contributed by atoms with Crippen LogP contribution >= 0.6 is 0 Å². The van der Waals surface area contributed by atoms with Crippen molar-refractivity contribution in [2.45, 2.75) is 24.9 Å². The predicted octanol–water partition coefficient (Wildman–Crippen LogP) is 4.37. The zero-order valence-electron chi connectivity index (χ0n) is 16.6. The Bertz CT molecular complexity index is 868. The van der Waals surface area contributed by atoms with Crippen LogP contribution in [0.3, 0.4) is 0 Å². The average molecular weight is 442 g/mol. The first-order valence-corrected chi connectivity index (χ1v) is 8.56. The maximum absolute atomic E-state index is 11.4. The van der Waals surface area contributed by atoms with E-state index in [1.165, 1.54) is 5.56 Å². The largest absolute Gasteiger partial charge is 0 e. The van der Waals surface area contributed by atoms with Gasteiger partial charge in [0.05, 0.1) is 7.11 Å². The fourth-order valence-corrected chi connectivity index (χ4v) is 3.41. The molecule has 0 saturated carbocycles. The number of fused-ring (bicyclic) bond motifs is 1. The van der Waals surface area contributed by atoms with Gasteiger partial charge in [-0.1, -0.05) is 48.5 Å². The van der Waals surface area contributed by atoms with Gasteiger partial charge in [-0.2, -0.15) is 0 Å². The molecule has 154 valence electrons. The van der Waals surface area contributed by atoms with E-state index in [4.69, 9.17) is 18.7 Å². The van der Waals surface area contributed by atoms with E-state index in [-0.39, 0.29) is 17.4 Å². The van der Waals surface area contributed by atoms with Crippen molar-refractivity contribution >= 4 is 6.08 Å². The number of aliphatic hydroxyl groups is 1. The minimum absolute atomic E-state index is 0. The fraction of sp³-hybridized carbons (Fsp3) is 0.208. The first-order valence-electron chi connectivity index (χ1n) is 8.56. The van der Waals surface area contributed by atoms with Gasteiger partial charge in [0.2, 0.25) is 0 Å². The second-order valence-electron chi connectivity index (χ2n) is 5.92. The van der Waals surface area contributed by atoms with Gasteiger partial charge in [0, 0.05) is 29.3 Å². The van der Waals surface area contributed by atoms with Gasteiger partial charge in [-0.05, 0) is 41.7 Å². The van der Waals surface area contributed by atoms with Crippen molar-refractivity contribution in [2.75, 3.05) is 7.11 Å². The first-order chi connectivity index (χ1) is 14.2. The molecule has 6 heteroatoms. The van der Waals surface area contributed by atoms with Gasteiger partial charge in [0.15, 0.2) is 0 Å². The Hall–Kier alpha value is -2.57. The van der Waals surface area contributed by atoms with Gasteiger partial charge in [-0.15, -0.1) is 6.58 Å². The number of rotatable bonds is 4. The molecule has 2 aromatic rings. The molecule has 3 rings (SSSR count). The maximum atomic E-state index is 11.4. The van der Waals surface area contributed by atoms with Crippen LogP contribution in [0.15, 0.2) is 66.8 Å². The summed E-state index contributed by atoms with van der Waals surface area (Å²) < 4.78 is 27.9. The zero-order valence-corrected chi connectivity index (χ0v) is 17.9. The standard InChI is InChI=1S/C21H22O2.3CO.Cr/c1-3-14-21(22)18(13-12-16-8-4-6-10-19(16)21)15-17-9-5-7-11-20(17)23-2;3*1-2;/h3-11,15,22H,1,12-14H2,2H3;;;;/b18-15+;;;;. The van der Waals surface area contributed by atoms with Gasteiger partial charge in [0.25, 0.3) is 0 Å². The van der Waals surface area contributed by atoms with Gasteiger partial charge in [0.1, 0.15) is 11.4 Å². The Morgan fingerprint density at radius 1 is 1.00 bits per heavy atom. The molecule has 2 aromatic carbocycles. The molecule has 0 saturated heterocycles. The molecule has 0 amide bonds. The zero-order chi connectivity index (χ0) is 22.3. The van der Waals surface area contributed by atoms with Crippen LogP contribution in [0.25, 0.3) is 6.08 Å². The Morgan fingerprint density at radius 2 is 1.57 bits per heavy atom. The van der Waals surface area contributed by atoms with E-state index in [2.05, 4.69) is 38.7 Å². The molecular formula is C24H22CrO5. The Kier molecular flexibility index (Phi) is 16.1. The van der Waals surface area contributed by atoms with Crippen LogP contribution < -0.4 is 4.74 Å². The molecule has 0 aromatic heterocycles. The van der Waals surface area contributed by atoms with Gasteiger partial charge in [-0.25, -0.2) is 0 Å². The summed E-state index contributed by atoms with van der Waals surface area (Å²) in [6.07, 6.45) is 6.14. The predicted molar refractivity (Wildman–Crippen MR) is 106 cm³/mol. The Morgan fingerprint density at radius 3 is 2.17 bits per heavy atom. The van der Waals surface area contributed by atoms with Crippen molar-refractivity contribution in [3.05, 3.63) is 103 Å². The van der Waals surface area contributed by atoms with Gasteiger partial charge < -0.3 is 9.84 Å². The Balaban J connectivity index is 0. The normalized spacial score (nSPS) is 16.9. The van der Waals surface area contributed by atoms with Crippen molar-refractivity contribution in [1.82, 2.24) is 0 Å². The number of hydrogen-bond donors (Lipinski definition) is 1. The minimum atomic E-state index is -0.989. The Labute approximate surface area is 188 Å². The summed E-state index contributed by atoms with van der Waals surface area (Å²) in [5, 5.41) is 11.4. The molecule has 1 atom stereocenters. The fourth-order valence-electron chi connectivity index (χ4n) is 3.41. The summed E-state index contributed by atoms with van der Waals surface area (Å²) in [6, 6.07) is 16.0. The molecule has 0 bridgehead atoms. The van der Waals surface area contributed by atoms with Gasteiger partial charge >= 0.3 is 33.9 Å². The number of benzene rings is 2. The summed E-state index contributed by atoms with van der Waals surface area (Å²) in [7, 11) is 1.67. The molecule has 0 radical (unpaired) electrons. The van der Waals surface area contributed by atoms with Crippen molar-refractivity contribution in [1.29, 1.82) is 0 Å². The number of aryl methyl sites for hydroxylation is 1. The molecule has 1 unspecified atom stereocenters. The van der Waals surface area contributed by atoms with E-state index < -0.39 is 5.60 Å². The van der Waals surface area contributed by atoms with Crippen LogP contribution in [-0.4, -0.2) is 12.2 Å². The molecule has 0 fully saturated rings. The molecule has 1 aliphatic rings. The quantitative estimate of drug-likeness (QED) is 0.433. The third kappa shape index (κ3) is 7.04. The molecule has 5 nitrogen and oxygen atoms in total. The number of para-hydroxylation sites is 1. The average Bonchev–Trinajstić information content (AvgIpc) is 2.80. The van der Waals surface area contributed by atoms with Crippen LogP contribution in [0.2, 0.25) is 0 Å². The topological polar surface area (TPSA) is 89.2 Å². The van der Waals surface area contributed by atoms with E-state index in [0.717, 1.165) is 35.3 Å². The van der Waals surface area contributed by atoms with E-state index in [1.54, 1.807) is 13.2 Å². The number of methoxy groups -OCH3 is 1. The SMILES string of the molecule is C=CCC1(O)/C(=C/c2ccccc2OC)CCc2ccccc21.[C-]#[O+].[C-]#[O+].[C-]#[O+].[Cr]. The molecule has 30 heavy (non-hydrogen) atoms. The van der Waals surface area contributed by atoms with Crippen molar-refractivity contribution in [3.63, 3.8) is 0 Å². The van der Waals surface area contributed by atoms with Crippen molar-refractivity contribution in [2.24, 2.45) is 0 Å². The van der Waals surface area contributed by atoms with Crippen LogP contribution in [-0.2, 0) is 43.3 Å². The maximum Gasteiger partial charge on any atom is 0 e. The summed E-state index contributed by atoms with van der Waals surface area (Å²) in [5.74, 6) is 0.819. The monoisotopic (exact) mass is 442 g/mol. The summed E-state index contributed by atoms with van der Waals surface area (Å²) in [5.41, 5.74) is 3.23. The van der Waals surface area contributed by atoms with E-state index in [9.17, 15) is 5.11 Å². The van der Waals surface area contributed by atoms with Crippen LogP contribution in [0.1, 0.15) is 29.5 Å². The van der Waals surface area contributed by atoms with E-state index >= 15 is 0 Å². The van der Waals surface area contributed by atoms with Gasteiger partial charge in [-0.3, -0.25) is 0 Å². The van der Waals surface area contributed by atoms with Crippen LogP contribution in [0.4, 0.5) is 0 Å². The van der Waals surface area contributed by atoms with E-state index in [0.29, 0.717) is 6.42 Å². The van der Waals surface area contributed by atoms with Crippen molar-refractivity contribution < 1.29 is 41.2 Å². The summed E-state index contributed by atoms with van der Waals surface area (Å²) in [6.45, 7) is 17.3. The summed E-state index contributed by atoms with van der Waals surface area (Å²) in [4.78, 5) is 0. The number of ether oxygens (including phenoxy) is 1. The third-order valence-electron chi connectivity index (χ3n) is 4.57. The molecule has 0 aliphatic heterocycles. The first kappa shape index (κ1) is 29.6. The van der Waals surface area contributed by atoms with Crippen LogP contribution in [0.5, 0.6) is 5.75 Å². The summed E-state index contributed by atoms with van der Waals surface area (Å²) >= 11 is 0. The van der Waals surface area contributed by atoms with E-state index in [1.807, 2.05) is 42.5 Å². The van der Waals surface area contributed by atoms with Crippen LogP contribution in [0, 0.1) is 20.0 Å². The molecule has 1 N–H and O–H groups in total. The molecule has 0 heterocycles. The number of hydrogen-bond acceptors (Lipinski definition) is 2. The molecule has 0 spiro atoms. The third-order valence-corrected chi connectivity index (χ3v) is 4.57. The minimum Gasteiger partial charge on any atom is 0 e. The molecule has 1 aliphatic carbocycles.